The number of hydrogen-bond acceptors (Lipinski definition) is 4. The summed E-state index contributed by atoms with van der Waals surface area (Å²) < 4.78 is 11.5. The van der Waals surface area contributed by atoms with Gasteiger partial charge in [-0.25, -0.2) is 4.79 Å². The molecule has 0 radical (unpaired) electrons. The van der Waals surface area contributed by atoms with Gasteiger partial charge in [0.25, 0.3) is 5.56 Å². The molecule has 0 spiro atoms. The van der Waals surface area contributed by atoms with Gasteiger partial charge in [0.1, 0.15) is 12.4 Å². The number of urea groups is 1. The first-order chi connectivity index (χ1) is 13.2. The quantitative estimate of drug-likeness (QED) is 0.763. The number of aromatic nitrogens is 2. The average Bonchev–Trinajstić information content (AvgIpc) is 3.26. The number of fused-ring (bicyclic) bond motifs is 1. The molecule has 8 nitrogen and oxygen atoms in total. The Labute approximate surface area is 156 Å². The Morgan fingerprint density at radius 3 is 2.96 bits per heavy atom. The first-order valence-corrected chi connectivity index (χ1v) is 9.38. The fourth-order valence-corrected chi connectivity index (χ4v) is 3.55. The number of amides is 2. The zero-order chi connectivity index (χ0) is 18.6. The molecule has 1 atom stereocenters. The summed E-state index contributed by atoms with van der Waals surface area (Å²) >= 11 is 0. The Balaban J connectivity index is 1.38. The van der Waals surface area contributed by atoms with Gasteiger partial charge in [-0.3, -0.25) is 9.89 Å². The lowest BCUT2D eigenvalue weighted by Crippen LogP contribution is -2.37. The third-order valence-corrected chi connectivity index (χ3v) is 5.09. The lowest BCUT2D eigenvalue weighted by molar-refractivity contribution is 0.0682. The first kappa shape index (κ1) is 17.7. The van der Waals surface area contributed by atoms with Crippen molar-refractivity contribution in [2.75, 3.05) is 31.6 Å². The van der Waals surface area contributed by atoms with E-state index in [-0.39, 0.29) is 17.7 Å². The molecule has 1 saturated heterocycles. The van der Waals surface area contributed by atoms with Crippen LogP contribution in [0.5, 0.6) is 5.75 Å². The molecule has 144 valence electrons. The van der Waals surface area contributed by atoms with Crippen molar-refractivity contribution in [1.82, 2.24) is 15.1 Å². The van der Waals surface area contributed by atoms with Crippen LogP contribution in [-0.2, 0) is 17.6 Å². The summed E-state index contributed by atoms with van der Waals surface area (Å²) in [7, 11) is 0. The van der Waals surface area contributed by atoms with Crippen molar-refractivity contribution in [2.45, 2.75) is 31.8 Å². The van der Waals surface area contributed by atoms with E-state index in [2.05, 4.69) is 15.5 Å². The third kappa shape index (κ3) is 4.00. The Bertz CT molecular complexity index is 853. The zero-order valence-corrected chi connectivity index (χ0v) is 15.1. The van der Waals surface area contributed by atoms with Gasteiger partial charge in [0.05, 0.1) is 11.8 Å². The van der Waals surface area contributed by atoms with Crippen molar-refractivity contribution in [3.8, 4) is 5.75 Å². The number of nitrogens with one attached hydrogen (secondary N) is 3. The number of aromatic amines is 2. The monoisotopic (exact) mass is 372 g/mol. The highest BCUT2D eigenvalue weighted by Gasteiger charge is 2.22. The van der Waals surface area contributed by atoms with Crippen molar-refractivity contribution in [3.63, 3.8) is 0 Å². The summed E-state index contributed by atoms with van der Waals surface area (Å²) in [5, 5.41) is 8.45. The van der Waals surface area contributed by atoms with Crippen LogP contribution in [0.25, 0.3) is 0 Å². The molecular formula is C19H24N4O4. The van der Waals surface area contributed by atoms with E-state index < -0.39 is 0 Å². The summed E-state index contributed by atoms with van der Waals surface area (Å²) in [6.07, 6.45) is 3.34. The maximum atomic E-state index is 12.7. The minimum Gasteiger partial charge on any atom is -0.489 e. The predicted molar refractivity (Wildman–Crippen MR) is 100 cm³/mol. The van der Waals surface area contributed by atoms with Crippen LogP contribution in [0.15, 0.2) is 29.1 Å². The van der Waals surface area contributed by atoms with Crippen molar-refractivity contribution in [3.05, 3.63) is 45.9 Å². The fourth-order valence-electron chi connectivity index (χ4n) is 3.55. The molecule has 2 amide bonds. The van der Waals surface area contributed by atoms with Gasteiger partial charge in [0, 0.05) is 37.4 Å². The Kier molecular flexibility index (Phi) is 5.15. The van der Waals surface area contributed by atoms with E-state index in [1.165, 1.54) is 0 Å². The second-order valence-electron chi connectivity index (χ2n) is 6.90. The maximum absolute atomic E-state index is 12.7. The summed E-state index contributed by atoms with van der Waals surface area (Å²) in [4.78, 5) is 26.2. The number of benzene rings is 1. The van der Waals surface area contributed by atoms with Crippen molar-refractivity contribution < 1.29 is 14.3 Å². The molecular weight excluding hydrogens is 348 g/mol. The molecule has 2 aliphatic rings. The molecule has 3 heterocycles. The van der Waals surface area contributed by atoms with E-state index in [0.29, 0.717) is 44.0 Å². The highest BCUT2D eigenvalue weighted by Crippen LogP contribution is 2.25. The second kappa shape index (κ2) is 7.87. The molecule has 8 heteroatoms. The molecule has 0 unspecified atom stereocenters. The standard InChI is InChI=1S/C19H24N4O4/c24-18-14-7-9-23(10-8-15(14)21-22-18)19(25)20-16-5-1-2-6-17(16)27-12-13-4-3-11-26-13/h1-2,5-6,13H,3-4,7-12H2,(H,20,25)(H2,21,22,24)/t13-/m0/s1. The number of carbonyl (C=O) groups excluding carboxylic acids is 1. The molecule has 1 aromatic heterocycles. The Morgan fingerprint density at radius 2 is 2.11 bits per heavy atom. The summed E-state index contributed by atoms with van der Waals surface area (Å²) in [6, 6.07) is 7.22. The molecule has 0 aliphatic carbocycles. The fraction of sp³-hybridized carbons (Fsp3) is 0.474. The number of ether oxygens (including phenoxy) is 2. The van der Waals surface area contributed by atoms with Gasteiger partial charge in [-0.05, 0) is 31.4 Å². The molecule has 0 saturated carbocycles. The van der Waals surface area contributed by atoms with E-state index in [1.807, 2.05) is 24.3 Å². The summed E-state index contributed by atoms with van der Waals surface area (Å²) in [5.41, 5.74) is 2.17. The molecule has 1 fully saturated rings. The van der Waals surface area contributed by atoms with E-state index in [0.717, 1.165) is 30.7 Å². The summed E-state index contributed by atoms with van der Waals surface area (Å²) in [6.45, 7) is 2.31. The van der Waals surface area contributed by atoms with Crippen LogP contribution in [-0.4, -0.2) is 53.5 Å². The lowest BCUT2D eigenvalue weighted by atomic mass is 10.2. The van der Waals surface area contributed by atoms with Crippen LogP contribution < -0.4 is 15.6 Å². The molecule has 4 rings (SSSR count). The number of anilines is 1. The molecule has 2 aliphatic heterocycles. The zero-order valence-electron chi connectivity index (χ0n) is 15.1. The highest BCUT2D eigenvalue weighted by atomic mass is 16.5. The number of hydrogen-bond donors (Lipinski definition) is 3. The maximum Gasteiger partial charge on any atom is 0.321 e. The minimum absolute atomic E-state index is 0.0971. The molecule has 27 heavy (non-hydrogen) atoms. The topological polar surface area (TPSA) is 99.4 Å². The van der Waals surface area contributed by atoms with Crippen LogP contribution >= 0.6 is 0 Å². The summed E-state index contributed by atoms with van der Waals surface area (Å²) in [5.74, 6) is 0.637. The minimum atomic E-state index is -0.190. The van der Waals surface area contributed by atoms with Gasteiger partial charge in [-0.2, -0.15) is 0 Å². The average molecular weight is 372 g/mol. The smallest absolute Gasteiger partial charge is 0.321 e. The second-order valence-corrected chi connectivity index (χ2v) is 6.90. The molecule has 3 N–H and O–H groups in total. The Hall–Kier alpha value is -2.74. The van der Waals surface area contributed by atoms with Gasteiger partial charge < -0.3 is 24.8 Å². The number of H-pyrrole nitrogens is 2. The Morgan fingerprint density at radius 1 is 1.26 bits per heavy atom. The third-order valence-electron chi connectivity index (χ3n) is 5.09. The van der Waals surface area contributed by atoms with Crippen molar-refractivity contribution >= 4 is 11.7 Å². The van der Waals surface area contributed by atoms with Crippen LogP contribution in [0.3, 0.4) is 0 Å². The van der Waals surface area contributed by atoms with E-state index in [1.54, 1.807) is 4.90 Å². The van der Waals surface area contributed by atoms with Crippen molar-refractivity contribution in [1.29, 1.82) is 0 Å². The van der Waals surface area contributed by atoms with Gasteiger partial charge in [0.2, 0.25) is 0 Å². The van der Waals surface area contributed by atoms with Gasteiger partial charge in [-0.15, -0.1) is 0 Å². The SMILES string of the molecule is O=C(Nc1ccccc1OC[C@@H]1CCCO1)N1CCc2[nH][nH]c(=O)c2CC1. The van der Waals surface area contributed by atoms with E-state index in [4.69, 9.17) is 9.47 Å². The van der Waals surface area contributed by atoms with Crippen molar-refractivity contribution in [2.24, 2.45) is 0 Å². The van der Waals surface area contributed by atoms with Gasteiger partial charge in [0.15, 0.2) is 0 Å². The van der Waals surface area contributed by atoms with Crippen LogP contribution in [0.1, 0.15) is 24.1 Å². The number of para-hydroxylation sites is 2. The predicted octanol–water partition coefficient (Wildman–Crippen LogP) is 1.89. The van der Waals surface area contributed by atoms with Gasteiger partial charge in [-0.1, -0.05) is 12.1 Å². The van der Waals surface area contributed by atoms with E-state index >= 15 is 0 Å². The molecule has 2 aromatic rings. The largest absolute Gasteiger partial charge is 0.489 e. The van der Waals surface area contributed by atoms with Crippen LogP contribution in [0.2, 0.25) is 0 Å². The number of nitrogens with zero attached hydrogens (tertiary/aromatic N) is 1. The molecule has 1 aromatic carbocycles. The van der Waals surface area contributed by atoms with Crippen LogP contribution in [0.4, 0.5) is 10.5 Å². The normalized spacial score (nSPS) is 19.4. The first-order valence-electron chi connectivity index (χ1n) is 9.38. The highest BCUT2D eigenvalue weighted by molar-refractivity contribution is 5.91. The van der Waals surface area contributed by atoms with Gasteiger partial charge >= 0.3 is 6.03 Å². The van der Waals surface area contributed by atoms with E-state index in [9.17, 15) is 9.59 Å². The molecule has 0 bridgehead atoms. The number of rotatable bonds is 4. The lowest BCUT2D eigenvalue weighted by Gasteiger charge is -2.22. The van der Waals surface area contributed by atoms with Crippen LogP contribution in [0, 0.1) is 0 Å². The number of carbonyl (C=O) groups is 1.